The van der Waals surface area contributed by atoms with Crippen molar-refractivity contribution in [3.63, 3.8) is 0 Å². The third-order valence-electron chi connectivity index (χ3n) is 4.67. The molecule has 5 rings (SSSR count). The van der Waals surface area contributed by atoms with Crippen LogP contribution >= 0.6 is 11.3 Å². The van der Waals surface area contributed by atoms with E-state index in [1.807, 2.05) is 60.7 Å². The van der Waals surface area contributed by atoms with Gasteiger partial charge < -0.3 is 4.74 Å². The quantitative estimate of drug-likeness (QED) is 0.528. The highest BCUT2D eigenvalue weighted by molar-refractivity contribution is 7.15. The second-order valence-corrected chi connectivity index (χ2v) is 7.88. The molecule has 0 saturated heterocycles. The molecule has 3 heterocycles. The fraction of sp³-hybridized carbons (Fsp3) is 0.0870. The molecule has 0 atom stereocenters. The van der Waals surface area contributed by atoms with E-state index >= 15 is 0 Å². The highest BCUT2D eigenvalue weighted by Gasteiger charge is 2.12. The molecule has 2 aromatic carbocycles. The first-order valence-electron chi connectivity index (χ1n) is 9.24. The highest BCUT2D eigenvalue weighted by Crippen LogP contribution is 2.26. The Labute approximate surface area is 170 Å². The lowest BCUT2D eigenvalue weighted by Gasteiger charge is -2.15. The predicted molar refractivity (Wildman–Crippen MR) is 117 cm³/mol. The Morgan fingerprint density at radius 2 is 1.93 bits per heavy atom. The lowest BCUT2D eigenvalue weighted by molar-refractivity contribution is 0.352. The first-order chi connectivity index (χ1) is 14.2. The minimum absolute atomic E-state index is 0.160. The molecule has 0 unspecified atom stereocenters. The molecule has 0 bridgehead atoms. The van der Waals surface area contributed by atoms with Crippen molar-refractivity contribution in [1.82, 2.24) is 14.6 Å². The van der Waals surface area contributed by atoms with E-state index in [0.717, 1.165) is 22.4 Å². The minimum Gasteiger partial charge on any atom is -0.488 e. The molecule has 4 aromatic rings. The third-order valence-corrected chi connectivity index (χ3v) is 5.63. The summed E-state index contributed by atoms with van der Waals surface area (Å²) in [6, 6.07) is 16.0. The van der Waals surface area contributed by atoms with Crippen LogP contribution in [0.3, 0.4) is 0 Å². The van der Waals surface area contributed by atoms with Gasteiger partial charge in [-0.2, -0.15) is 9.50 Å². The van der Waals surface area contributed by atoms with Crippen LogP contribution in [0.15, 0.2) is 58.9 Å². The molecule has 1 aliphatic heterocycles. The Bertz CT molecular complexity index is 1380. The van der Waals surface area contributed by atoms with Crippen molar-refractivity contribution in [3.8, 4) is 5.75 Å². The zero-order valence-corrected chi connectivity index (χ0v) is 16.5. The van der Waals surface area contributed by atoms with Gasteiger partial charge >= 0.3 is 0 Å². The van der Waals surface area contributed by atoms with Gasteiger partial charge in [0.15, 0.2) is 5.82 Å². The van der Waals surface area contributed by atoms with Crippen molar-refractivity contribution in [2.24, 2.45) is 0 Å². The molecule has 6 heteroatoms. The van der Waals surface area contributed by atoms with Gasteiger partial charge in [0.1, 0.15) is 12.4 Å². The SMILES string of the molecule is Cc1ccc(/C=C/c2nc3s/c(=C\C4=Cc5ccccc5OC4)c(=O)n3n2)cc1. The summed E-state index contributed by atoms with van der Waals surface area (Å²) in [5.74, 6) is 1.38. The maximum absolute atomic E-state index is 12.7. The van der Waals surface area contributed by atoms with Gasteiger partial charge in [-0.1, -0.05) is 65.4 Å². The van der Waals surface area contributed by atoms with Crippen LogP contribution in [0.4, 0.5) is 0 Å². The molecule has 0 saturated carbocycles. The van der Waals surface area contributed by atoms with E-state index in [0.29, 0.717) is 21.9 Å². The number of hydrogen-bond donors (Lipinski definition) is 0. The average Bonchev–Trinajstić information content (AvgIpc) is 3.26. The monoisotopic (exact) mass is 399 g/mol. The Hall–Kier alpha value is -3.51. The van der Waals surface area contributed by atoms with Gasteiger partial charge in [-0.05, 0) is 42.4 Å². The van der Waals surface area contributed by atoms with Crippen molar-refractivity contribution < 1.29 is 4.74 Å². The van der Waals surface area contributed by atoms with Crippen LogP contribution in [0, 0.1) is 6.92 Å². The summed E-state index contributed by atoms with van der Waals surface area (Å²) >= 11 is 1.33. The van der Waals surface area contributed by atoms with Crippen molar-refractivity contribution in [2.75, 3.05) is 6.61 Å². The molecule has 2 aromatic heterocycles. The Morgan fingerprint density at radius 1 is 1.10 bits per heavy atom. The number of para-hydroxylation sites is 1. The molecule has 142 valence electrons. The minimum atomic E-state index is -0.160. The first kappa shape index (κ1) is 17.6. The van der Waals surface area contributed by atoms with E-state index in [1.165, 1.54) is 21.4 Å². The number of fused-ring (bicyclic) bond motifs is 2. The summed E-state index contributed by atoms with van der Waals surface area (Å²) in [5, 5.41) is 4.34. The van der Waals surface area contributed by atoms with E-state index in [9.17, 15) is 4.79 Å². The first-order valence-corrected chi connectivity index (χ1v) is 10.1. The van der Waals surface area contributed by atoms with Gasteiger partial charge in [0.25, 0.3) is 5.56 Å². The van der Waals surface area contributed by atoms with Gasteiger partial charge in [0, 0.05) is 5.56 Å². The smallest absolute Gasteiger partial charge is 0.291 e. The van der Waals surface area contributed by atoms with Crippen molar-refractivity contribution in [2.45, 2.75) is 6.92 Å². The molecule has 0 N–H and O–H groups in total. The number of hydrogen-bond acceptors (Lipinski definition) is 5. The highest BCUT2D eigenvalue weighted by atomic mass is 32.1. The summed E-state index contributed by atoms with van der Waals surface area (Å²) in [7, 11) is 0. The number of ether oxygens (including phenoxy) is 1. The number of aryl methyl sites for hydroxylation is 1. The molecule has 0 fully saturated rings. The predicted octanol–water partition coefficient (Wildman–Crippen LogP) is 3.61. The number of benzene rings is 2. The maximum atomic E-state index is 12.7. The second-order valence-electron chi connectivity index (χ2n) is 6.87. The molecular formula is C23H17N3O2S. The number of nitrogens with zero attached hydrogens (tertiary/aromatic N) is 3. The van der Waals surface area contributed by atoms with Crippen LogP contribution < -0.4 is 14.8 Å². The summed E-state index contributed by atoms with van der Waals surface area (Å²) in [6.07, 6.45) is 7.67. The summed E-state index contributed by atoms with van der Waals surface area (Å²) < 4.78 is 7.72. The topological polar surface area (TPSA) is 56.5 Å². The van der Waals surface area contributed by atoms with Gasteiger partial charge in [-0.15, -0.1) is 5.10 Å². The van der Waals surface area contributed by atoms with Gasteiger partial charge in [-0.3, -0.25) is 4.79 Å². The van der Waals surface area contributed by atoms with E-state index in [-0.39, 0.29) is 5.56 Å². The molecular weight excluding hydrogens is 382 g/mol. The van der Waals surface area contributed by atoms with Gasteiger partial charge in [0.2, 0.25) is 4.96 Å². The maximum Gasteiger partial charge on any atom is 0.291 e. The molecule has 29 heavy (non-hydrogen) atoms. The molecule has 0 radical (unpaired) electrons. The van der Waals surface area contributed by atoms with E-state index in [4.69, 9.17) is 4.74 Å². The number of thiazole rings is 1. The van der Waals surface area contributed by atoms with Crippen molar-refractivity contribution in [1.29, 1.82) is 0 Å². The van der Waals surface area contributed by atoms with Crippen LogP contribution in [0.5, 0.6) is 5.75 Å². The average molecular weight is 399 g/mol. The molecule has 0 amide bonds. The van der Waals surface area contributed by atoms with Gasteiger partial charge in [-0.25, -0.2) is 0 Å². The zero-order chi connectivity index (χ0) is 19.8. The summed E-state index contributed by atoms with van der Waals surface area (Å²) in [5.41, 5.74) is 4.08. The lowest BCUT2D eigenvalue weighted by Crippen LogP contribution is -2.24. The zero-order valence-electron chi connectivity index (χ0n) is 15.7. The van der Waals surface area contributed by atoms with Crippen LogP contribution in [-0.2, 0) is 0 Å². The van der Waals surface area contributed by atoms with Crippen molar-refractivity contribution >= 4 is 40.6 Å². The second kappa shape index (κ2) is 7.14. The Morgan fingerprint density at radius 3 is 2.76 bits per heavy atom. The molecule has 0 aliphatic carbocycles. The largest absolute Gasteiger partial charge is 0.488 e. The van der Waals surface area contributed by atoms with Crippen LogP contribution in [-0.4, -0.2) is 21.2 Å². The summed E-state index contributed by atoms with van der Waals surface area (Å²) in [6.45, 7) is 2.49. The summed E-state index contributed by atoms with van der Waals surface area (Å²) in [4.78, 5) is 17.8. The number of rotatable bonds is 3. The van der Waals surface area contributed by atoms with Crippen molar-refractivity contribution in [3.05, 3.63) is 91.5 Å². The molecule has 5 nitrogen and oxygen atoms in total. The van der Waals surface area contributed by atoms with Crippen LogP contribution in [0.25, 0.3) is 29.3 Å². The fourth-order valence-corrected chi connectivity index (χ4v) is 4.08. The van der Waals surface area contributed by atoms with Crippen LogP contribution in [0.1, 0.15) is 22.5 Å². The Kier molecular flexibility index (Phi) is 4.33. The standard InChI is InChI=1S/C23H17N3O2S/c1-15-6-8-16(9-7-15)10-11-21-24-23-26(25-21)22(27)20(29-23)13-17-12-18-4-2-3-5-19(18)28-14-17/h2-13H,14H2,1H3/b11-10+,20-13-. The van der Waals surface area contributed by atoms with Gasteiger partial charge in [0.05, 0.1) is 4.53 Å². The van der Waals surface area contributed by atoms with E-state index < -0.39 is 0 Å². The molecule has 0 spiro atoms. The fourth-order valence-electron chi connectivity index (χ4n) is 3.15. The number of aromatic nitrogens is 3. The molecule has 1 aliphatic rings. The van der Waals surface area contributed by atoms with E-state index in [1.54, 1.807) is 0 Å². The third kappa shape index (κ3) is 3.50. The van der Waals surface area contributed by atoms with E-state index in [2.05, 4.69) is 29.1 Å². The van der Waals surface area contributed by atoms with Crippen LogP contribution in [0.2, 0.25) is 0 Å². The normalized spacial score (nSPS) is 14.2. The lowest BCUT2D eigenvalue weighted by atomic mass is 10.1. The Balaban J connectivity index is 1.45.